The number of pyridine rings is 1. The normalized spacial score (nSPS) is 18.6. The quantitative estimate of drug-likeness (QED) is 0.320. The molecule has 2 aliphatic heterocycles. The predicted molar refractivity (Wildman–Crippen MR) is 150 cm³/mol. The molecule has 1 fully saturated rings. The number of nitrogens with zero attached hydrogens (tertiary/aromatic N) is 4. The summed E-state index contributed by atoms with van der Waals surface area (Å²) in [7, 11) is 2.12. The number of benzene rings is 2. The highest BCUT2D eigenvalue weighted by Gasteiger charge is 2.39. The van der Waals surface area contributed by atoms with Crippen molar-refractivity contribution in [1.82, 2.24) is 30.4 Å². The van der Waals surface area contributed by atoms with Gasteiger partial charge in [0.1, 0.15) is 5.75 Å². The van der Waals surface area contributed by atoms with Gasteiger partial charge >= 0.3 is 0 Å². The Hall–Kier alpha value is -3.95. The summed E-state index contributed by atoms with van der Waals surface area (Å²) >= 11 is 6.32. The number of amides is 1. The Morgan fingerprint density at radius 3 is 2.74 bits per heavy atom. The van der Waals surface area contributed by atoms with Crippen LogP contribution in [0.4, 0.5) is 5.69 Å². The number of para-hydroxylation sites is 1. The molecular formula is C29H30ClN7O2. The zero-order valence-corrected chi connectivity index (χ0v) is 22.4. The van der Waals surface area contributed by atoms with Crippen molar-refractivity contribution in [3.05, 3.63) is 89.0 Å². The van der Waals surface area contributed by atoms with E-state index in [1.165, 1.54) is 0 Å². The maximum atomic E-state index is 13.4. The Morgan fingerprint density at radius 1 is 1.13 bits per heavy atom. The van der Waals surface area contributed by atoms with Crippen LogP contribution in [-0.2, 0) is 5.54 Å². The van der Waals surface area contributed by atoms with E-state index in [0.717, 1.165) is 48.6 Å². The first-order valence-electron chi connectivity index (χ1n) is 13.1. The van der Waals surface area contributed by atoms with Gasteiger partial charge < -0.3 is 20.3 Å². The fourth-order valence-corrected chi connectivity index (χ4v) is 5.56. The SMILES string of the molecule is CN1CCC(Nc2cccc(C(=O)N[C@@H]3CCOc4c(Cl)cccc43)c2)(c2nc(-c3ccncc3)n[nH]2)CC1. The number of hydrogen-bond acceptors (Lipinski definition) is 7. The van der Waals surface area contributed by atoms with Crippen molar-refractivity contribution in [2.45, 2.75) is 30.8 Å². The van der Waals surface area contributed by atoms with E-state index in [9.17, 15) is 4.79 Å². The zero-order valence-electron chi connectivity index (χ0n) is 21.7. The van der Waals surface area contributed by atoms with Crippen LogP contribution in [-0.4, -0.2) is 57.7 Å². The van der Waals surface area contributed by atoms with Gasteiger partial charge in [-0.25, -0.2) is 4.98 Å². The summed E-state index contributed by atoms with van der Waals surface area (Å²) in [5, 5.41) is 15.1. The first-order chi connectivity index (χ1) is 19.0. The second-order valence-electron chi connectivity index (χ2n) is 10.2. The average Bonchev–Trinajstić information content (AvgIpc) is 3.47. The molecule has 4 aromatic rings. The molecule has 0 radical (unpaired) electrons. The molecule has 9 nitrogen and oxygen atoms in total. The minimum Gasteiger partial charge on any atom is -0.492 e. The van der Waals surface area contributed by atoms with E-state index in [0.29, 0.717) is 35.2 Å². The molecule has 10 heteroatoms. The number of halogens is 1. The van der Waals surface area contributed by atoms with Crippen molar-refractivity contribution in [1.29, 1.82) is 0 Å². The Balaban J connectivity index is 1.24. The summed E-state index contributed by atoms with van der Waals surface area (Å²) in [6.07, 6.45) is 5.83. The first kappa shape index (κ1) is 25.3. The van der Waals surface area contributed by atoms with Gasteiger partial charge in [-0.3, -0.25) is 14.9 Å². The lowest BCUT2D eigenvalue weighted by molar-refractivity contribution is 0.0925. The second kappa shape index (κ2) is 10.7. The third-order valence-electron chi connectivity index (χ3n) is 7.56. The van der Waals surface area contributed by atoms with Crippen molar-refractivity contribution in [3.63, 3.8) is 0 Å². The zero-order chi connectivity index (χ0) is 26.8. The lowest BCUT2D eigenvalue weighted by Gasteiger charge is -2.40. The van der Waals surface area contributed by atoms with Crippen LogP contribution in [0.2, 0.25) is 5.02 Å². The third kappa shape index (κ3) is 5.20. The number of carbonyl (C=O) groups excluding carboxylic acids is 1. The van der Waals surface area contributed by atoms with Crippen LogP contribution in [0.25, 0.3) is 11.4 Å². The number of anilines is 1. The Morgan fingerprint density at radius 2 is 1.92 bits per heavy atom. The van der Waals surface area contributed by atoms with Gasteiger partial charge in [0.25, 0.3) is 5.91 Å². The smallest absolute Gasteiger partial charge is 0.251 e. The van der Waals surface area contributed by atoms with E-state index in [1.807, 2.05) is 48.5 Å². The summed E-state index contributed by atoms with van der Waals surface area (Å²) in [6, 6.07) is 16.9. The highest BCUT2D eigenvalue weighted by atomic mass is 35.5. The maximum Gasteiger partial charge on any atom is 0.251 e. The van der Waals surface area contributed by atoms with Crippen LogP contribution in [0.3, 0.4) is 0 Å². The standard InChI is InChI=1S/C29H30ClN7O2/c1-37-15-11-29(12-16-37,28-33-26(35-36-28)19-8-13-31-14-9-19)34-21-5-2-4-20(18-21)27(38)32-24-10-17-39-25-22(24)6-3-7-23(25)30/h2-9,13-14,18,24,34H,10-12,15-17H2,1H3,(H,32,38)(H,33,35,36)/t24-/m1/s1. The summed E-state index contributed by atoms with van der Waals surface area (Å²) in [6.45, 7) is 2.31. The molecule has 0 unspecified atom stereocenters. The number of nitrogens with one attached hydrogen (secondary N) is 3. The van der Waals surface area contributed by atoms with E-state index in [4.69, 9.17) is 21.3 Å². The monoisotopic (exact) mass is 543 g/mol. The van der Waals surface area contributed by atoms with Gasteiger partial charge in [-0.15, -0.1) is 0 Å². The molecule has 0 saturated carbocycles. The lowest BCUT2D eigenvalue weighted by Crippen LogP contribution is -2.46. The maximum absolute atomic E-state index is 13.4. The molecule has 2 aliphatic rings. The van der Waals surface area contributed by atoms with Gasteiger partial charge in [-0.05, 0) is 56.3 Å². The fourth-order valence-electron chi connectivity index (χ4n) is 5.32. The number of aromatic amines is 1. The number of H-pyrrole nitrogens is 1. The van der Waals surface area contributed by atoms with Crippen molar-refractivity contribution >= 4 is 23.2 Å². The number of carbonyl (C=O) groups is 1. The van der Waals surface area contributed by atoms with Crippen LogP contribution in [0.5, 0.6) is 5.75 Å². The van der Waals surface area contributed by atoms with Crippen LogP contribution in [0.1, 0.15) is 47.1 Å². The van der Waals surface area contributed by atoms with Crippen molar-refractivity contribution in [3.8, 4) is 17.1 Å². The van der Waals surface area contributed by atoms with Crippen molar-refractivity contribution in [2.75, 3.05) is 32.1 Å². The van der Waals surface area contributed by atoms with E-state index < -0.39 is 5.54 Å². The minimum absolute atomic E-state index is 0.145. The molecule has 0 spiro atoms. The molecular weight excluding hydrogens is 514 g/mol. The van der Waals surface area contributed by atoms with Crippen LogP contribution >= 0.6 is 11.6 Å². The number of likely N-dealkylation sites (tertiary alicyclic amines) is 1. The number of ether oxygens (including phenoxy) is 1. The molecule has 1 amide bonds. The predicted octanol–water partition coefficient (Wildman–Crippen LogP) is 4.81. The van der Waals surface area contributed by atoms with E-state index in [-0.39, 0.29) is 11.9 Å². The summed E-state index contributed by atoms with van der Waals surface area (Å²) in [5.74, 6) is 1.92. The molecule has 0 aliphatic carbocycles. The molecule has 39 heavy (non-hydrogen) atoms. The number of fused-ring (bicyclic) bond motifs is 1. The van der Waals surface area contributed by atoms with Gasteiger partial charge in [0, 0.05) is 54.3 Å². The summed E-state index contributed by atoms with van der Waals surface area (Å²) in [5.41, 5.74) is 2.79. The molecule has 200 valence electrons. The van der Waals surface area contributed by atoms with Crippen molar-refractivity contribution < 1.29 is 9.53 Å². The summed E-state index contributed by atoms with van der Waals surface area (Å²) in [4.78, 5) is 24.6. The average molecular weight is 544 g/mol. The topological polar surface area (TPSA) is 108 Å². The third-order valence-corrected chi connectivity index (χ3v) is 7.85. The second-order valence-corrected chi connectivity index (χ2v) is 10.6. The molecule has 4 heterocycles. The van der Waals surface area contributed by atoms with Crippen molar-refractivity contribution in [2.24, 2.45) is 0 Å². The van der Waals surface area contributed by atoms with E-state index in [1.54, 1.807) is 18.5 Å². The molecule has 3 N–H and O–H groups in total. The largest absolute Gasteiger partial charge is 0.492 e. The minimum atomic E-state index is -0.448. The Kier molecular flexibility index (Phi) is 6.93. The molecule has 1 atom stereocenters. The van der Waals surface area contributed by atoms with Gasteiger partial charge in [0.05, 0.1) is 23.2 Å². The first-order valence-corrected chi connectivity index (χ1v) is 13.5. The van der Waals surface area contributed by atoms with Crippen LogP contribution in [0.15, 0.2) is 67.0 Å². The molecule has 0 bridgehead atoms. The van der Waals surface area contributed by atoms with E-state index >= 15 is 0 Å². The van der Waals surface area contributed by atoms with Gasteiger partial charge in [-0.2, -0.15) is 5.10 Å². The number of hydrogen-bond donors (Lipinski definition) is 3. The van der Waals surface area contributed by atoms with Gasteiger partial charge in [0.15, 0.2) is 11.6 Å². The fraction of sp³-hybridized carbons (Fsp3) is 0.310. The summed E-state index contributed by atoms with van der Waals surface area (Å²) < 4.78 is 5.75. The number of aromatic nitrogens is 4. The highest BCUT2D eigenvalue weighted by Crippen LogP contribution is 2.38. The van der Waals surface area contributed by atoms with E-state index in [2.05, 4.69) is 37.8 Å². The Labute approximate surface area is 232 Å². The van der Waals surface area contributed by atoms with Crippen LogP contribution < -0.4 is 15.4 Å². The van der Waals surface area contributed by atoms with Gasteiger partial charge in [-0.1, -0.05) is 29.8 Å². The number of piperidine rings is 1. The highest BCUT2D eigenvalue weighted by molar-refractivity contribution is 6.32. The Bertz CT molecular complexity index is 1470. The molecule has 2 aromatic carbocycles. The van der Waals surface area contributed by atoms with Gasteiger partial charge in [0.2, 0.25) is 0 Å². The molecule has 1 saturated heterocycles. The lowest BCUT2D eigenvalue weighted by atomic mass is 9.86. The molecule has 2 aromatic heterocycles. The number of rotatable bonds is 6. The molecule has 6 rings (SSSR count). The van der Waals surface area contributed by atoms with Crippen LogP contribution in [0, 0.1) is 0 Å².